The summed E-state index contributed by atoms with van der Waals surface area (Å²) in [5.41, 5.74) is -1.36. The van der Waals surface area contributed by atoms with Crippen molar-refractivity contribution in [1.82, 2.24) is 4.90 Å². The number of ketones is 2. The van der Waals surface area contributed by atoms with Gasteiger partial charge in [0.2, 0.25) is 0 Å². The molecule has 0 aromatic heterocycles. The van der Waals surface area contributed by atoms with Crippen molar-refractivity contribution in [3.63, 3.8) is 0 Å². The molecule has 21 heteroatoms. The van der Waals surface area contributed by atoms with Crippen LogP contribution in [-0.2, 0) is 54.8 Å². The number of hydrogen-bond donors (Lipinski definition) is 10. The molecule has 2 bridgehead atoms. The van der Waals surface area contributed by atoms with Gasteiger partial charge in [0.25, 0.3) is 0 Å². The number of ether oxygens (including phenoxy) is 5. The maximum atomic E-state index is 14.8. The first-order chi connectivity index (χ1) is 38.8. The maximum absolute atomic E-state index is 14.8. The van der Waals surface area contributed by atoms with Crippen LogP contribution in [0.25, 0.3) is 0 Å². The third-order valence-corrected chi connectivity index (χ3v) is 24.8. The second-order valence-corrected chi connectivity index (χ2v) is 29.3. The number of carboxylic acid groups (broad SMARTS) is 3. The van der Waals surface area contributed by atoms with Gasteiger partial charge < -0.3 is 74.7 Å². The van der Waals surface area contributed by atoms with Crippen molar-refractivity contribution >= 4 is 29.5 Å². The summed E-state index contributed by atoms with van der Waals surface area (Å²) in [6.07, 6.45) is -7.92. The highest BCUT2D eigenvalue weighted by atomic mass is 16.8. The van der Waals surface area contributed by atoms with Crippen molar-refractivity contribution < 1.29 is 98.7 Å². The fourth-order valence-electron chi connectivity index (χ4n) is 19.6. The second kappa shape index (κ2) is 19.7. The third-order valence-electron chi connectivity index (χ3n) is 24.8. The number of aliphatic hydroxyl groups is 6. The van der Waals surface area contributed by atoms with E-state index < -0.39 is 124 Å². The van der Waals surface area contributed by atoms with Crippen LogP contribution in [0, 0.1) is 56.2 Å². The Bertz CT molecular complexity index is 2890. The van der Waals surface area contributed by atoms with Gasteiger partial charge in [-0.25, -0.2) is 9.59 Å². The zero-order chi connectivity index (χ0) is 59.8. The molecule has 1 aromatic rings. The van der Waals surface area contributed by atoms with Gasteiger partial charge in [0, 0.05) is 30.5 Å². The molecule has 23 atom stereocenters. The van der Waals surface area contributed by atoms with Gasteiger partial charge in [0.15, 0.2) is 54.0 Å². The minimum absolute atomic E-state index is 0.0217. The van der Waals surface area contributed by atoms with Crippen LogP contribution < -0.4 is 4.74 Å². The smallest absolute Gasteiger partial charge is 0.335 e. The number of carbonyl (C=O) groups is 5. The summed E-state index contributed by atoms with van der Waals surface area (Å²) >= 11 is 0. The molecule has 1 unspecified atom stereocenters. The molecule has 12 aliphatic rings. The SMILES string of the molecule is CC1(C)[C@@H](O[C@H]2O[C@H](C(=O)O)[C@@H](O)[C@H](O)[C@H]2O[C@@H]2O[C@H](C(=O)O)[C@@H](O)[C@H](O)[C@H]2O)CC[C@]2(C)[C@H]3C(=O)C=C4[C@@H]5C[C@@](C)(C(=O)O)CC[C@]5(C)CC[C@@]4(C)[C@]3(C)CC[C@@H]12.O=C1CC[C@@]2(O)[C@H]3Cc4ccc(O)c5c4C2(CCN3CC2CC2)[C@H]1O5. The molecule has 83 heavy (non-hydrogen) atoms. The molecule has 10 N–H and O–H groups in total. The van der Waals surface area contributed by atoms with Crippen LogP contribution in [0.1, 0.15) is 149 Å². The van der Waals surface area contributed by atoms with E-state index in [1.807, 2.05) is 32.9 Å². The largest absolute Gasteiger partial charge is 0.504 e. The number of hydrogen-bond acceptors (Lipinski definition) is 18. The first kappa shape index (κ1) is 59.2. The number of likely N-dealkylation sites (tertiary alicyclic amines) is 1. The summed E-state index contributed by atoms with van der Waals surface area (Å²) in [7, 11) is 0. The number of aliphatic carboxylic acids is 3. The highest BCUT2D eigenvalue weighted by Crippen LogP contribution is 2.75. The number of carboxylic acids is 3. The zero-order valence-corrected chi connectivity index (χ0v) is 48.6. The van der Waals surface area contributed by atoms with Crippen LogP contribution in [0.3, 0.4) is 0 Å². The minimum Gasteiger partial charge on any atom is -0.504 e. The quantitative estimate of drug-likeness (QED) is 0.157. The number of aromatic hydroxyl groups is 1. The van der Waals surface area contributed by atoms with Gasteiger partial charge in [0.1, 0.15) is 36.6 Å². The Morgan fingerprint density at radius 2 is 1.40 bits per heavy atom. The molecule has 0 amide bonds. The molecule has 9 fully saturated rings. The molecule has 6 saturated carbocycles. The van der Waals surface area contributed by atoms with E-state index in [9.17, 15) is 75.0 Å². The Morgan fingerprint density at radius 1 is 0.735 bits per heavy atom. The number of phenols is 1. The van der Waals surface area contributed by atoms with E-state index in [-0.39, 0.29) is 51.9 Å². The topological polar surface area (TPSA) is 337 Å². The van der Waals surface area contributed by atoms with Gasteiger partial charge in [-0.1, -0.05) is 53.2 Å². The summed E-state index contributed by atoms with van der Waals surface area (Å²) in [6.45, 7) is 16.8. The molecule has 0 radical (unpaired) electrons. The summed E-state index contributed by atoms with van der Waals surface area (Å²) in [5, 5.41) is 105. The minimum atomic E-state index is -2.05. The van der Waals surface area contributed by atoms with Crippen molar-refractivity contribution in [2.45, 2.75) is 235 Å². The Morgan fingerprint density at radius 3 is 2.06 bits per heavy atom. The molecule has 21 nitrogen and oxygen atoms in total. The van der Waals surface area contributed by atoms with Gasteiger partial charge in [0.05, 0.1) is 22.5 Å². The number of nitrogens with zero attached hydrogens (tertiary/aromatic N) is 1. The fraction of sp³-hybridized carbons (Fsp3) is 0.790. The van der Waals surface area contributed by atoms with Gasteiger partial charge in [-0.3, -0.25) is 19.3 Å². The Labute approximate surface area is 482 Å². The summed E-state index contributed by atoms with van der Waals surface area (Å²) < 4.78 is 29.4. The molecule has 13 rings (SSSR count). The number of carbonyl (C=O) groups excluding carboxylic acids is 2. The van der Waals surface area contributed by atoms with Crippen molar-refractivity contribution in [2.75, 3.05) is 13.1 Å². The molecule has 1 spiro atoms. The Balaban J connectivity index is 0.000000223. The van der Waals surface area contributed by atoms with Crippen molar-refractivity contribution in [3.05, 3.63) is 34.9 Å². The highest BCUT2D eigenvalue weighted by Gasteiger charge is 2.74. The summed E-state index contributed by atoms with van der Waals surface area (Å²) in [6, 6.07) is 3.69. The van der Waals surface area contributed by atoms with Crippen LogP contribution >= 0.6 is 0 Å². The van der Waals surface area contributed by atoms with Crippen LogP contribution in [0.5, 0.6) is 11.5 Å². The molecule has 458 valence electrons. The normalized spacial score (nSPS) is 49.2. The number of benzene rings is 1. The monoisotopic (exact) mass is 1160 g/mol. The number of piperidine rings is 1. The van der Waals surface area contributed by atoms with E-state index in [0.717, 1.165) is 80.7 Å². The number of Topliss-reactive ketones (excluding diaryl/α,β-unsaturated/α-hetero) is 1. The predicted octanol–water partition coefficient (Wildman–Crippen LogP) is 3.77. The highest BCUT2D eigenvalue weighted by molar-refractivity contribution is 5.96. The van der Waals surface area contributed by atoms with Gasteiger partial charge in [-0.2, -0.15) is 0 Å². The van der Waals surface area contributed by atoms with Crippen LogP contribution in [0.15, 0.2) is 23.8 Å². The maximum Gasteiger partial charge on any atom is 0.335 e. The lowest BCUT2D eigenvalue weighted by molar-refractivity contribution is -0.371. The molecule has 4 heterocycles. The second-order valence-electron chi connectivity index (χ2n) is 29.3. The number of allylic oxidation sites excluding steroid dienone is 2. The fourth-order valence-corrected chi connectivity index (χ4v) is 19.6. The first-order valence-corrected chi connectivity index (χ1v) is 30.3. The molecule has 8 aliphatic carbocycles. The number of aliphatic hydroxyl groups excluding tert-OH is 5. The van der Waals surface area contributed by atoms with Gasteiger partial charge in [-0.05, 0) is 166 Å². The molecule has 1 aromatic carbocycles. The van der Waals surface area contributed by atoms with E-state index in [4.69, 9.17) is 23.7 Å². The standard InChI is InChI=1S/C42H62O16.C20H23NO4/c1-37(2)21-8-11-42(7)31(20(43)16-18-19-17-39(4,36(53)54)13-12-38(19,3)14-15-41(18,42)6)40(21,5)10-9-22(37)55-35-30(26(47)25(46)29(57-35)33(51)52)58-34-27(48)23(44)24(45)28(56-34)32(49)50;22-13-4-3-12-9-15-20(24)6-5-14(23)18-19(20,16(12)17(13)25-18)7-8-21(15)10-11-1-2-11/h16,19,21-31,34-35,44-48H,8-15,17H2,1-7H3,(H,49,50)(H,51,52)(H,53,54);3-4,11,15,18,22,24H,1-2,5-10H2/t19-,21-,22-,23-,24-,25-,26-,27+,28-,29-,30+,31+,34-,35-,38+,39-,40-,41+,42+;15-,18+,19?,20-/m01/s1. The van der Waals surface area contributed by atoms with E-state index in [0.29, 0.717) is 44.3 Å². The van der Waals surface area contributed by atoms with E-state index >= 15 is 0 Å². The third kappa shape index (κ3) is 8.41. The van der Waals surface area contributed by atoms with E-state index in [1.54, 1.807) is 6.07 Å². The first-order valence-electron chi connectivity index (χ1n) is 30.3. The van der Waals surface area contributed by atoms with E-state index in [2.05, 4.69) is 32.6 Å². The van der Waals surface area contributed by atoms with Crippen molar-refractivity contribution in [2.24, 2.45) is 56.2 Å². The predicted molar refractivity (Wildman–Crippen MR) is 289 cm³/mol. The Hall–Kier alpha value is -4.13. The van der Waals surface area contributed by atoms with Crippen molar-refractivity contribution in [3.8, 4) is 11.5 Å². The average molecular weight is 1160 g/mol. The number of fused-ring (bicyclic) bond motifs is 7. The zero-order valence-electron chi connectivity index (χ0n) is 48.6. The molecular weight excluding hydrogens is 1080 g/mol. The Kier molecular flexibility index (Phi) is 14.0. The molecular formula is C62H85NO20. The van der Waals surface area contributed by atoms with Gasteiger partial charge in [-0.15, -0.1) is 0 Å². The lowest BCUT2D eigenvalue weighted by Gasteiger charge is -2.70. The van der Waals surface area contributed by atoms with E-state index in [1.165, 1.54) is 12.8 Å². The van der Waals surface area contributed by atoms with Crippen LogP contribution in [0.4, 0.5) is 0 Å². The molecule has 3 saturated heterocycles. The number of rotatable bonds is 9. The molecule has 4 aliphatic heterocycles. The lowest BCUT2D eigenvalue weighted by atomic mass is 9.33. The van der Waals surface area contributed by atoms with Crippen molar-refractivity contribution in [1.29, 1.82) is 0 Å². The van der Waals surface area contributed by atoms with Gasteiger partial charge >= 0.3 is 17.9 Å². The van der Waals surface area contributed by atoms with Crippen LogP contribution in [0.2, 0.25) is 0 Å². The summed E-state index contributed by atoms with van der Waals surface area (Å²) in [4.78, 5) is 66.5. The lowest BCUT2D eigenvalue weighted by Crippen LogP contribution is -2.76. The number of phenolic OH excluding ortho intramolecular Hbond substituents is 1. The van der Waals surface area contributed by atoms with Crippen LogP contribution in [-0.4, -0.2) is 184 Å². The summed E-state index contributed by atoms with van der Waals surface area (Å²) in [5.74, 6) is -3.08. The average Bonchev–Trinajstić information content (AvgIpc) is 1.76.